The second-order valence-corrected chi connectivity index (χ2v) is 4.38. The lowest BCUT2D eigenvalue weighted by atomic mass is 10.0. The van der Waals surface area contributed by atoms with E-state index in [2.05, 4.69) is 10.6 Å². The van der Waals surface area contributed by atoms with Crippen molar-refractivity contribution in [1.29, 1.82) is 0 Å². The van der Waals surface area contributed by atoms with Gasteiger partial charge in [0, 0.05) is 25.6 Å². The zero-order valence-corrected chi connectivity index (χ0v) is 9.98. The number of amides is 1. The summed E-state index contributed by atoms with van der Waals surface area (Å²) in [5.74, 6) is -0.830. The Morgan fingerprint density at radius 3 is 2.89 bits per heavy atom. The highest BCUT2D eigenvalue weighted by molar-refractivity contribution is 5.89. The Bertz CT molecular complexity index is 449. The molecule has 1 amide bonds. The van der Waals surface area contributed by atoms with Crippen LogP contribution in [0.2, 0.25) is 0 Å². The van der Waals surface area contributed by atoms with Crippen LogP contribution < -0.4 is 10.6 Å². The van der Waals surface area contributed by atoms with Crippen molar-refractivity contribution in [2.24, 2.45) is 0 Å². The fourth-order valence-corrected chi connectivity index (χ4v) is 2.04. The lowest BCUT2D eigenvalue weighted by molar-refractivity contribution is -0.122. The van der Waals surface area contributed by atoms with E-state index in [0.717, 1.165) is 12.0 Å². The zero-order chi connectivity index (χ0) is 13.0. The Hall–Kier alpha value is -1.88. The maximum Gasteiger partial charge on any atom is 0.336 e. The summed E-state index contributed by atoms with van der Waals surface area (Å²) in [6, 6.07) is 7.16. The number of carboxylic acids is 1. The molecule has 2 rings (SSSR count). The lowest BCUT2D eigenvalue weighted by Gasteiger charge is -2.23. The normalized spacial score (nSPS) is 19.3. The van der Waals surface area contributed by atoms with Crippen LogP contribution in [0.15, 0.2) is 24.3 Å². The Kier molecular flexibility index (Phi) is 3.94. The summed E-state index contributed by atoms with van der Waals surface area (Å²) in [6.07, 6.45) is 1.32. The summed E-state index contributed by atoms with van der Waals surface area (Å²) < 4.78 is 0. The number of hydrogen-bond donors (Lipinski definition) is 3. The van der Waals surface area contributed by atoms with Gasteiger partial charge in [0.2, 0.25) is 5.91 Å². The molecule has 0 saturated carbocycles. The smallest absolute Gasteiger partial charge is 0.336 e. The van der Waals surface area contributed by atoms with E-state index in [9.17, 15) is 9.59 Å². The number of benzene rings is 1. The summed E-state index contributed by atoms with van der Waals surface area (Å²) in [6.45, 7) is 1.11. The first-order chi connectivity index (χ1) is 8.66. The highest BCUT2D eigenvalue weighted by Gasteiger charge is 2.18. The number of hydrogen-bond acceptors (Lipinski definition) is 3. The summed E-state index contributed by atoms with van der Waals surface area (Å²) in [5.41, 5.74) is 1.09. The number of aromatic carboxylic acids is 1. The van der Waals surface area contributed by atoms with Gasteiger partial charge in [-0.15, -0.1) is 0 Å². The molecule has 0 spiro atoms. The van der Waals surface area contributed by atoms with E-state index in [0.29, 0.717) is 25.1 Å². The van der Waals surface area contributed by atoms with Crippen molar-refractivity contribution in [2.75, 3.05) is 6.54 Å². The maximum absolute atomic E-state index is 11.0. The minimum Gasteiger partial charge on any atom is -0.478 e. The molecule has 1 aliphatic heterocycles. The Morgan fingerprint density at radius 1 is 1.44 bits per heavy atom. The van der Waals surface area contributed by atoms with Crippen molar-refractivity contribution < 1.29 is 14.7 Å². The number of carbonyl (C=O) groups excluding carboxylic acids is 1. The van der Waals surface area contributed by atoms with Crippen LogP contribution >= 0.6 is 0 Å². The van der Waals surface area contributed by atoms with Gasteiger partial charge in [-0.25, -0.2) is 4.79 Å². The first-order valence-corrected chi connectivity index (χ1v) is 5.98. The first-order valence-electron chi connectivity index (χ1n) is 5.98. The molecule has 1 heterocycles. The lowest BCUT2D eigenvalue weighted by Crippen LogP contribution is -2.45. The van der Waals surface area contributed by atoms with Crippen molar-refractivity contribution in [3.63, 3.8) is 0 Å². The largest absolute Gasteiger partial charge is 0.478 e. The molecule has 1 atom stereocenters. The minimum atomic E-state index is -0.913. The van der Waals surface area contributed by atoms with Gasteiger partial charge in [0.05, 0.1) is 5.56 Å². The van der Waals surface area contributed by atoms with Gasteiger partial charge in [0.25, 0.3) is 0 Å². The highest BCUT2D eigenvalue weighted by atomic mass is 16.4. The Labute approximate surface area is 105 Å². The molecule has 96 valence electrons. The molecule has 5 heteroatoms. The predicted molar refractivity (Wildman–Crippen MR) is 66.3 cm³/mol. The number of piperidine rings is 1. The monoisotopic (exact) mass is 248 g/mol. The summed E-state index contributed by atoms with van der Waals surface area (Å²) >= 11 is 0. The van der Waals surface area contributed by atoms with E-state index in [-0.39, 0.29) is 11.9 Å². The number of carboxylic acid groups (broad SMARTS) is 1. The molecule has 18 heavy (non-hydrogen) atoms. The predicted octanol–water partition coefficient (Wildman–Crippen LogP) is 0.753. The fraction of sp³-hybridized carbons (Fsp3) is 0.385. The number of nitrogens with one attached hydrogen (secondary N) is 2. The molecule has 1 aliphatic rings. The molecule has 1 aromatic carbocycles. The summed E-state index contributed by atoms with van der Waals surface area (Å²) in [5, 5.41) is 15.1. The molecule has 1 aromatic rings. The number of rotatable bonds is 4. The van der Waals surface area contributed by atoms with Crippen LogP contribution in [0.1, 0.15) is 28.8 Å². The van der Waals surface area contributed by atoms with Gasteiger partial charge in [-0.05, 0) is 18.1 Å². The topological polar surface area (TPSA) is 78.4 Å². The fourth-order valence-electron chi connectivity index (χ4n) is 2.04. The standard InChI is InChI=1S/C13H16N2O3/c16-12-6-5-10(8-15-12)14-7-9-3-1-2-4-11(9)13(17)18/h1-4,10,14H,5-8H2,(H,15,16)(H,17,18). The van der Waals surface area contributed by atoms with E-state index < -0.39 is 5.97 Å². The molecular formula is C13H16N2O3. The molecular weight excluding hydrogens is 232 g/mol. The summed E-state index contributed by atoms with van der Waals surface area (Å²) in [7, 11) is 0. The molecule has 5 nitrogen and oxygen atoms in total. The van der Waals surface area contributed by atoms with Crippen LogP contribution in [0.25, 0.3) is 0 Å². The van der Waals surface area contributed by atoms with Gasteiger partial charge in [-0.2, -0.15) is 0 Å². The van der Waals surface area contributed by atoms with Crippen molar-refractivity contribution >= 4 is 11.9 Å². The second-order valence-electron chi connectivity index (χ2n) is 4.38. The van der Waals surface area contributed by atoms with E-state index in [1.54, 1.807) is 18.2 Å². The quantitative estimate of drug-likeness (QED) is 0.735. The molecule has 0 radical (unpaired) electrons. The van der Waals surface area contributed by atoms with Crippen LogP contribution in [-0.4, -0.2) is 29.6 Å². The van der Waals surface area contributed by atoms with Crippen molar-refractivity contribution in [3.05, 3.63) is 35.4 Å². The molecule has 1 unspecified atom stereocenters. The van der Waals surface area contributed by atoms with E-state index in [1.807, 2.05) is 6.07 Å². The second kappa shape index (κ2) is 5.64. The van der Waals surface area contributed by atoms with Gasteiger partial charge >= 0.3 is 5.97 Å². The minimum absolute atomic E-state index is 0.0824. The molecule has 0 bridgehead atoms. The van der Waals surface area contributed by atoms with E-state index in [1.165, 1.54) is 0 Å². The van der Waals surface area contributed by atoms with Crippen LogP contribution in [0.4, 0.5) is 0 Å². The Balaban J connectivity index is 1.94. The average Bonchev–Trinajstić information content (AvgIpc) is 2.38. The van der Waals surface area contributed by atoms with Crippen LogP contribution in [-0.2, 0) is 11.3 Å². The first kappa shape index (κ1) is 12.6. The maximum atomic E-state index is 11.0. The van der Waals surface area contributed by atoms with Crippen LogP contribution in [0, 0.1) is 0 Å². The van der Waals surface area contributed by atoms with Gasteiger partial charge in [-0.3, -0.25) is 4.79 Å². The van der Waals surface area contributed by atoms with E-state index >= 15 is 0 Å². The third-order valence-corrected chi connectivity index (χ3v) is 3.09. The van der Waals surface area contributed by atoms with Crippen LogP contribution in [0.3, 0.4) is 0 Å². The summed E-state index contributed by atoms with van der Waals surface area (Å²) in [4.78, 5) is 22.0. The Morgan fingerprint density at radius 2 is 2.22 bits per heavy atom. The molecule has 1 saturated heterocycles. The molecule has 0 aromatic heterocycles. The van der Waals surface area contributed by atoms with Gasteiger partial charge in [-0.1, -0.05) is 18.2 Å². The highest BCUT2D eigenvalue weighted by Crippen LogP contribution is 2.10. The third kappa shape index (κ3) is 3.07. The van der Waals surface area contributed by atoms with Gasteiger partial charge < -0.3 is 15.7 Å². The molecule has 3 N–H and O–H groups in total. The third-order valence-electron chi connectivity index (χ3n) is 3.09. The van der Waals surface area contributed by atoms with Crippen LogP contribution in [0.5, 0.6) is 0 Å². The van der Waals surface area contributed by atoms with Crippen molar-refractivity contribution in [3.8, 4) is 0 Å². The van der Waals surface area contributed by atoms with E-state index in [4.69, 9.17) is 5.11 Å². The SMILES string of the molecule is O=C1CCC(NCc2ccccc2C(=O)O)CN1. The van der Waals surface area contributed by atoms with Crippen molar-refractivity contribution in [1.82, 2.24) is 10.6 Å². The zero-order valence-electron chi connectivity index (χ0n) is 9.98. The molecule has 1 fully saturated rings. The van der Waals surface area contributed by atoms with Gasteiger partial charge in [0.15, 0.2) is 0 Å². The molecule has 0 aliphatic carbocycles. The van der Waals surface area contributed by atoms with Crippen molar-refractivity contribution in [2.45, 2.75) is 25.4 Å². The van der Waals surface area contributed by atoms with Gasteiger partial charge in [0.1, 0.15) is 0 Å². The number of carbonyl (C=O) groups is 2. The average molecular weight is 248 g/mol.